The summed E-state index contributed by atoms with van der Waals surface area (Å²) in [5, 5.41) is 23.3. The minimum Gasteiger partial charge on any atom is -0.466 e. The maximum absolute atomic E-state index is 12.5. The van der Waals surface area contributed by atoms with E-state index < -0.39 is 12.1 Å². The van der Waals surface area contributed by atoms with Gasteiger partial charge in [0.2, 0.25) is 5.91 Å². The van der Waals surface area contributed by atoms with E-state index in [4.69, 9.17) is 4.74 Å². The molecule has 0 saturated carbocycles. The third-order valence-electron chi connectivity index (χ3n) is 20.6. The Morgan fingerprint density at radius 3 is 0.739 bits per heavy atom. The van der Waals surface area contributed by atoms with Crippen LogP contribution < -0.4 is 5.32 Å². The molecule has 92 heavy (non-hydrogen) atoms. The topological polar surface area (TPSA) is 95.9 Å². The molecule has 0 heterocycles. The van der Waals surface area contributed by atoms with Crippen molar-refractivity contribution in [2.45, 2.75) is 514 Å². The molecule has 1 amide bonds. The van der Waals surface area contributed by atoms with Gasteiger partial charge >= 0.3 is 5.97 Å². The molecule has 0 bridgehead atoms. The van der Waals surface area contributed by atoms with E-state index in [2.05, 4.69) is 19.2 Å². The fraction of sp³-hybridized carbons (Fsp3) is 0.953. The van der Waals surface area contributed by atoms with Crippen LogP contribution in [0, 0.1) is 0 Å². The number of amides is 1. The minimum absolute atomic E-state index is 0.0287. The monoisotopic (exact) mass is 1300 g/mol. The molecule has 0 rings (SSSR count). The number of carbonyl (C=O) groups is 2. The van der Waals surface area contributed by atoms with Gasteiger partial charge < -0.3 is 20.3 Å². The molecule has 2 unspecified atom stereocenters. The van der Waals surface area contributed by atoms with E-state index in [1.165, 1.54) is 437 Å². The molecule has 3 N–H and O–H groups in total. The van der Waals surface area contributed by atoms with Crippen LogP contribution in [-0.4, -0.2) is 47.4 Å². The van der Waals surface area contributed by atoms with E-state index in [0.29, 0.717) is 19.4 Å². The second-order valence-electron chi connectivity index (χ2n) is 29.9. The fourth-order valence-electron chi connectivity index (χ4n) is 14.1. The number of nitrogens with one attached hydrogen (secondary N) is 1. The van der Waals surface area contributed by atoms with Crippen molar-refractivity contribution in [3.8, 4) is 0 Å². The Labute approximate surface area is 578 Å². The van der Waals surface area contributed by atoms with Crippen LogP contribution in [-0.2, 0) is 14.3 Å². The van der Waals surface area contributed by atoms with Crippen LogP contribution in [0.25, 0.3) is 0 Å². The van der Waals surface area contributed by atoms with Gasteiger partial charge in [0.05, 0.1) is 25.4 Å². The highest BCUT2D eigenvalue weighted by Crippen LogP contribution is 2.21. The first kappa shape index (κ1) is 90.6. The van der Waals surface area contributed by atoms with E-state index in [1.807, 2.05) is 6.08 Å². The summed E-state index contributed by atoms with van der Waals surface area (Å²) in [7, 11) is 0. The van der Waals surface area contributed by atoms with E-state index in [9.17, 15) is 19.8 Å². The fourth-order valence-corrected chi connectivity index (χ4v) is 14.1. The predicted octanol–water partition coefficient (Wildman–Crippen LogP) is 28.6. The van der Waals surface area contributed by atoms with Crippen LogP contribution in [0.3, 0.4) is 0 Å². The second-order valence-corrected chi connectivity index (χ2v) is 29.9. The van der Waals surface area contributed by atoms with Crippen molar-refractivity contribution in [2.24, 2.45) is 0 Å². The highest BCUT2D eigenvalue weighted by molar-refractivity contribution is 5.76. The van der Waals surface area contributed by atoms with Crippen molar-refractivity contribution >= 4 is 11.9 Å². The number of allylic oxidation sites excluding steroid dienone is 1. The maximum Gasteiger partial charge on any atom is 0.305 e. The van der Waals surface area contributed by atoms with E-state index in [1.54, 1.807) is 6.08 Å². The molecule has 0 aliphatic rings. The summed E-state index contributed by atoms with van der Waals surface area (Å²) in [6.07, 6.45) is 105. The second kappa shape index (κ2) is 82.0. The summed E-state index contributed by atoms with van der Waals surface area (Å²) < 4.78 is 5.52. The lowest BCUT2D eigenvalue weighted by molar-refractivity contribution is -0.143. The molecule has 0 spiro atoms. The van der Waals surface area contributed by atoms with E-state index in [0.717, 1.165) is 38.5 Å². The average Bonchev–Trinajstić information content (AvgIpc) is 3.76. The Kier molecular flexibility index (Phi) is 80.8. The van der Waals surface area contributed by atoms with Crippen molar-refractivity contribution in [2.75, 3.05) is 13.2 Å². The summed E-state index contributed by atoms with van der Waals surface area (Å²) >= 11 is 0. The Hall–Kier alpha value is -1.40. The lowest BCUT2D eigenvalue weighted by atomic mass is 10.0. The number of aliphatic hydroxyl groups excluding tert-OH is 2. The molecule has 2 atom stereocenters. The largest absolute Gasteiger partial charge is 0.466 e. The standard InChI is InChI=1S/C86H169NO5/c1-3-5-7-9-11-13-15-17-19-21-22-44-47-50-54-58-62-66-70-74-78-84(89)83(82-88)87-85(90)79-75-71-67-63-59-55-51-48-45-42-40-38-36-34-32-30-28-26-24-23-25-27-29-31-33-35-37-39-41-43-46-49-53-57-61-65-69-73-77-81-92-86(91)80-76-72-68-64-60-56-52-20-18-16-14-12-10-8-6-4-2/h74,78,83-84,88-89H,3-73,75-77,79-82H2,1-2H3,(H,87,90)/b78-74+. The van der Waals surface area contributed by atoms with Crippen molar-refractivity contribution in [1.29, 1.82) is 0 Å². The Balaban J connectivity index is 3.30. The van der Waals surface area contributed by atoms with Crippen LogP contribution in [0.15, 0.2) is 12.2 Å². The molecule has 0 aromatic carbocycles. The van der Waals surface area contributed by atoms with Gasteiger partial charge in [-0.2, -0.15) is 0 Å². The van der Waals surface area contributed by atoms with Crippen molar-refractivity contribution in [3.63, 3.8) is 0 Å². The molecule has 0 aliphatic heterocycles. The van der Waals surface area contributed by atoms with Crippen molar-refractivity contribution < 1.29 is 24.5 Å². The average molecular weight is 1300 g/mol. The van der Waals surface area contributed by atoms with Crippen molar-refractivity contribution in [3.05, 3.63) is 12.2 Å². The molecular formula is C86H169NO5. The quantitative estimate of drug-likeness (QED) is 0.0320. The third-order valence-corrected chi connectivity index (χ3v) is 20.6. The van der Waals surface area contributed by atoms with E-state index in [-0.39, 0.29) is 18.5 Å². The van der Waals surface area contributed by atoms with Gasteiger partial charge in [-0.25, -0.2) is 0 Å². The number of ether oxygens (including phenoxy) is 1. The summed E-state index contributed by atoms with van der Waals surface area (Å²) in [6, 6.07) is -0.623. The number of hydrogen-bond acceptors (Lipinski definition) is 5. The molecule has 6 nitrogen and oxygen atoms in total. The molecule has 0 aromatic rings. The SMILES string of the molecule is CCCCCCCCCCCCCCCCCCCC/C=C/C(O)C(CO)NC(=O)CCCCCCCCCCCCCCCCCCCCCCCCCCCCCCCCCCCCCCCCCOC(=O)CCCCCCCCCCCCCCCCCC. The first-order chi connectivity index (χ1) is 45.5. The number of carbonyl (C=O) groups excluding carboxylic acids is 2. The normalized spacial score (nSPS) is 12.4. The van der Waals surface area contributed by atoms with Crippen LogP contribution in [0.4, 0.5) is 0 Å². The smallest absolute Gasteiger partial charge is 0.305 e. The number of hydrogen-bond donors (Lipinski definition) is 3. The van der Waals surface area contributed by atoms with Gasteiger partial charge in [-0.15, -0.1) is 0 Å². The van der Waals surface area contributed by atoms with Gasteiger partial charge in [-0.3, -0.25) is 9.59 Å². The number of unbranched alkanes of at least 4 members (excludes halogenated alkanes) is 71. The Morgan fingerprint density at radius 1 is 0.293 bits per heavy atom. The number of rotatable bonds is 82. The minimum atomic E-state index is -0.840. The summed E-state index contributed by atoms with van der Waals surface area (Å²) in [6.45, 7) is 4.97. The Morgan fingerprint density at radius 2 is 0.500 bits per heavy atom. The summed E-state index contributed by atoms with van der Waals surface area (Å²) in [4.78, 5) is 24.7. The van der Waals surface area contributed by atoms with Crippen LogP contribution in [0.2, 0.25) is 0 Å². The van der Waals surface area contributed by atoms with Crippen LogP contribution in [0.1, 0.15) is 502 Å². The van der Waals surface area contributed by atoms with Gasteiger partial charge in [0, 0.05) is 12.8 Å². The maximum atomic E-state index is 12.5. The molecule has 0 saturated heterocycles. The Bertz CT molecular complexity index is 1400. The van der Waals surface area contributed by atoms with Crippen LogP contribution in [0.5, 0.6) is 0 Å². The van der Waals surface area contributed by atoms with Crippen molar-refractivity contribution in [1.82, 2.24) is 5.32 Å². The third kappa shape index (κ3) is 77.6. The van der Waals surface area contributed by atoms with Gasteiger partial charge in [0.25, 0.3) is 0 Å². The summed E-state index contributed by atoms with van der Waals surface area (Å²) in [5.41, 5.74) is 0. The molecular weight excluding hydrogens is 1130 g/mol. The molecule has 6 heteroatoms. The van der Waals surface area contributed by atoms with Gasteiger partial charge in [-0.1, -0.05) is 469 Å². The zero-order valence-corrected chi connectivity index (χ0v) is 63.1. The molecule has 0 aliphatic carbocycles. The predicted molar refractivity (Wildman–Crippen MR) is 407 cm³/mol. The summed E-state index contributed by atoms with van der Waals surface area (Å²) in [5.74, 6) is -0.0278. The molecule has 0 aromatic heterocycles. The first-order valence-electron chi connectivity index (χ1n) is 43.0. The van der Waals surface area contributed by atoms with Crippen LogP contribution >= 0.6 is 0 Å². The molecule has 548 valence electrons. The van der Waals surface area contributed by atoms with E-state index >= 15 is 0 Å². The number of aliphatic hydroxyl groups is 2. The van der Waals surface area contributed by atoms with Gasteiger partial charge in [-0.05, 0) is 32.1 Å². The zero-order valence-electron chi connectivity index (χ0n) is 63.1. The lowest BCUT2D eigenvalue weighted by Gasteiger charge is -2.20. The van der Waals surface area contributed by atoms with Gasteiger partial charge in [0.1, 0.15) is 0 Å². The number of esters is 1. The zero-order chi connectivity index (χ0) is 66.3. The highest BCUT2D eigenvalue weighted by atomic mass is 16.5. The lowest BCUT2D eigenvalue weighted by Crippen LogP contribution is -2.45. The first-order valence-corrected chi connectivity index (χ1v) is 43.0. The molecule has 0 fully saturated rings. The molecule has 0 radical (unpaired) electrons. The highest BCUT2D eigenvalue weighted by Gasteiger charge is 2.18. The van der Waals surface area contributed by atoms with Gasteiger partial charge in [0.15, 0.2) is 0 Å².